The zero-order chi connectivity index (χ0) is 22.2. The first-order chi connectivity index (χ1) is 14.9. The molecule has 5 nitrogen and oxygen atoms in total. The predicted octanol–water partition coefficient (Wildman–Crippen LogP) is 4.67. The number of esters is 1. The third-order valence-electron chi connectivity index (χ3n) is 4.33. The number of ether oxygens (including phenoxy) is 2. The number of carbonyl (C=O) groups excluding carboxylic acids is 2. The molecule has 0 saturated carbocycles. The highest BCUT2D eigenvalue weighted by molar-refractivity contribution is 6.21. The first-order valence-electron chi connectivity index (χ1n) is 9.30. The molecule has 0 aliphatic heterocycles. The maximum absolute atomic E-state index is 12.8. The van der Waals surface area contributed by atoms with Gasteiger partial charge in [-0.3, -0.25) is 4.79 Å². The largest absolute Gasteiger partial charge is 0.457 e. The minimum absolute atomic E-state index is 0.00319. The second-order valence-corrected chi connectivity index (χ2v) is 6.51. The zero-order valence-electron chi connectivity index (χ0n) is 16.3. The van der Waals surface area contributed by atoms with E-state index in [1.54, 1.807) is 66.7 Å². The number of nitrogens with two attached hydrogens (primary N) is 1. The number of primary amides is 1. The number of hydrogen-bond donors (Lipinski definition) is 1. The molecule has 0 unspecified atom stereocenters. The average molecular weight is 423 g/mol. The molecule has 2 N–H and O–H groups in total. The molecule has 0 saturated heterocycles. The summed E-state index contributed by atoms with van der Waals surface area (Å²) in [7, 11) is 0. The molecule has 0 fully saturated rings. The van der Waals surface area contributed by atoms with Crippen LogP contribution >= 0.6 is 0 Å². The summed E-state index contributed by atoms with van der Waals surface area (Å²) in [6.07, 6.45) is 1.61. The lowest BCUT2D eigenvalue weighted by molar-refractivity contribution is -0.137. The summed E-state index contributed by atoms with van der Waals surface area (Å²) in [5, 5.41) is 0. The van der Waals surface area contributed by atoms with Gasteiger partial charge in [0.1, 0.15) is 12.4 Å². The van der Waals surface area contributed by atoms with E-state index in [-0.39, 0.29) is 12.4 Å². The minimum atomic E-state index is -2.91. The van der Waals surface area contributed by atoms with Crippen LogP contribution in [0.2, 0.25) is 0 Å². The van der Waals surface area contributed by atoms with E-state index >= 15 is 0 Å². The van der Waals surface area contributed by atoms with Gasteiger partial charge in [0, 0.05) is 5.56 Å². The van der Waals surface area contributed by atoms with Crippen molar-refractivity contribution in [1.29, 1.82) is 0 Å². The highest BCUT2D eigenvalue weighted by Crippen LogP contribution is 2.22. The van der Waals surface area contributed by atoms with E-state index in [9.17, 15) is 18.4 Å². The molecule has 1 amide bonds. The Balaban J connectivity index is 1.79. The fourth-order valence-corrected chi connectivity index (χ4v) is 2.78. The van der Waals surface area contributed by atoms with E-state index in [0.717, 1.165) is 0 Å². The molecule has 0 heterocycles. The molecule has 0 radical (unpaired) electrons. The number of hydrogen-bond acceptors (Lipinski definition) is 4. The molecule has 0 bridgehead atoms. The second kappa shape index (κ2) is 10.2. The monoisotopic (exact) mass is 423 g/mol. The van der Waals surface area contributed by atoms with Crippen LogP contribution in [0.15, 0.2) is 78.9 Å². The van der Waals surface area contributed by atoms with Gasteiger partial charge in [-0.05, 0) is 47.0 Å². The van der Waals surface area contributed by atoms with Gasteiger partial charge < -0.3 is 15.2 Å². The molecule has 0 spiro atoms. The molecule has 31 heavy (non-hydrogen) atoms. The van der Waals surface area contributed by atoms with Crippen LogP contribution in [0.3, 0.4) is 0 Å². The molecule has 3 aromatic rings. The Labute approximate surface area is 177 Å². The molecule has 158 valence electrons. The smallest absolute Gasteiger partial charge is 0.387 e. The van der Waals surface area contributed by atoms with E-state index < -0.39 is 18.5 Å². The summed E-state index contributed by atoms with van der Waals surface area (Å²) < 4.78 is 34.4. The summed E-state index contributed by atoms with van der Waals surface area (Å²) >= 11 is 0. The minimum Gasteiger partial charge on any atom is -0.457 e. The number of benzene rings is 3. The molecule has 0 aromatic heterocycles. The van der Waals surface area contributed by atoms with Gasteiger partial charge in [0.05, 0.1) is 5.57 Å². The Morgan fingerprint density at radius 3 is 2.10 bits per heavy atom. The van der Waals surface area contributed by atoms with Crippen molar-refractivity contribution in [1.82, 2.24) is 0 Å². The van der Waals surface area contributed by atoms with E-state index in [1.165, 1.54) is 12.1 Å². The Kier molecular flexibility index (Phi) is 7.11. The van der Waals surface area contributed by atoms with E-state index in [2.05, 4.69) is 4.74 Å². The Hall–Kier alpha value is -4.00. The quantitative estimate of drug-likeness (QED) is 0.324. The lowest BCUT2D eigenvalue weighted by Gasteiger charge is -2.10. The van der Waals surface area contributed by atoms with Crippen molar-refractivity contribution in [3.8, 4) is 5.75 Å². The van der Waals surface area contributed by atoms with Gasteiger partial charge in [-0.15, -0.1) is 0 Å². The number of rotatable bonds is 8. The van der Waals surface area contributed by atoms with E-state index in [4.69, 9.17) is 10.5 Å². The zero-order valence-corrected chi connectivity index (χ0v) is 16.3. The van der Waals surface area contributed by atoms with Crippen LogP contribution in [0.5, 0.6) is 5.75 Å². The van der Waals surface area contributed by atoms with E-state index in [0.29, 0.717) is 27.8 Å². The third kappa shape index (κ3) is 6.24. The maximum Gasteiger partial charge on any atom is 0.387 e. The molecule has 3 aromatic carbocycles. The Morgan fingerprint density at radius 1 is 0.871 bits per heavy atom. The van der Waals surface area contributed by atoms with Crippen LogP contribution in [-0.2, 0) is 16.1 Å². The lowest BCUT2D eigenvalue weighted by atomic mass is 10.0. The number of carbonyl (C=O) groups is 2. The molecular formula is C24H19F2NO4. The van der Waals surface area contributed by atoms with Gasteiger partial charge in [0.15, 0.2) is 0 Å². The van der Waals surface area contributed by atoms with Gasteiger partial charge in [-0.25, -0.2) is 4.79 Å². The highest BCUT2D eigenvalue weighted by atomic mass is 19.3. The van der Waals surface area contributed by atoms with Crippen molar-refractivity contribution in [3.05, 3.63) is 101 Å². The fraction of sp³-hybridized carbons (Fsp3) is 0.0833. The number of amides is 1. The molecule has 0 aliphatic rings. The summed E-state index contributed by atoms with van der Waals surface area (Å²) in [5.74, 6) is -1.07. The SMILES string of the molecule is NC(=O)c1ccc(COC(=O)/C(=C/c2ccc(OC(F)F)cc2)c2ccccc2)cc1. The fourth-order valence-electron chi connectivity index (χ4n) is 2.78. The molecular weight excluding hydrogens is 404 g/mol. The average Bonchev–Trinajstić information content (AvgIpc) is 2.77. The Morgan fingerprint density at radius 2 is 1.52 bits per heavy atom. The van der Waals surface area contributed by atoms with Gasteiger partial charge in [0.2, 0.25) is 5.91 Å². The number of alkyl halides is 2. The normalized spacial score (nSPS) is 11.3. The van der Waals surface area contributed by atoms with Gasteiger partial charge in [-0.1, -0.05) is 54.6 Å². The van der Waals surface area contributed by atoms with E-state index in [1.807, 2.05) is 6.07 Å². The topological polar surface area (TPSA) is 78.6 Å². The van der Waals surface area contributed by atoms with Crippen molar-refractivity contribution < 1.29 is 27.8 Å². The van der Waals surface area contributed by atoms with Crippen LogP contribution in [0.25, 0.3) is 11.6 Å². The van der Waals surface area contributed by atoms with Crippen LogP contribution in [0, 0.1) is 0 Å². The van der Waals surface area contributed by atoms with Crippen molar-refractivity contribution in [3.63, 3.8) is 0 Å². The first kappa shape index (κ1) is 21.7. The van der Waals surface area contributed by atoms with Crippen molar-refractivity contribution >= 4 is 23.5 Å². The first-order valence-corrected chi connectivity index (χ1v) is 9.30. The standard InChI is InChI=1S/C24H19F2NO4/c25-24(26)31-20-12-8-16(9-13-20)14-21(18-4-2-1-3-5-18)23(29)30-15-17-6-10-19(11-7-17)22(27)28/h1-14,24H,15H2,(H2,27,28)/b21-14+. The van der Waals surface area contributed by atoms with Gasteiger partial charge >= 0.3 is 12.6 Å². The van der Waals surface area contributed by atoms with Gasteiger partial charge in [-0.2, -0.15) is 8.78 Å². The van der Waals surface area contributed by atoms with Crippen molar-refractivity contribution in [2.24, 2.45) is 5.73 Å². The second-order valence-electron chi connectivity index (χ2n) is 6.51. The summed E-state index contributed by atoms with van der Waals surface area (Å²) in [6, 6.07) is 21.3. The third-order valence-corrected chi connectivity index (χ3v) is 4.33. The summed E-state index contributed by atoms with van der Waals surface area (Å²) in [4.78, 5) is 24.0. The van der Waals surface area contributed by atoms with Crippen LogP contribution < -0.4 is 10.5 Å². The van der Waals surface area contributed by atoms with Crippen LogP contribution in [0.4, 0.5) is 8.78 Å². The van der Waals surface area contributed by atoms with Crippen LogP contribution in [-0.4, -0.2) is 18.5 Å². The molecule has 3 rings (SSSR count). The number of halogens is 2. The van der Waals surface area contributed by atoms with Crippen molar-refractivity contribution in [2.45, 2.75) is 13.2 Å². The predicted molar refractivity (Wildman–Crippen MR) is 112 cm³/mol. The maximum atomic E-state index is 12.8. The van der Waals surface area contributed by atoms with Crippen molar-refractivity contribution in [2.75, 3.05) is 0 Å². The lowest BCUT2D eigenvalue weighted by Crippen LogP contribution is -2.11. The summed E-state index contributed by atoms with van der Waals surface area (Å²) in [6.45, 7) is -2.91. The molecule has 7 heteroatoms. The molecule has 0 aliphatic carbocycles. The Bertz CT molecular complexity index is 1060. The van der Waals surface area contributed by atoms with Gasteiger partial charge in [0.25, 0.3) is 0 Å². The van der Waals surface area contributed by atoms with Crippen LogP contribution in [0.1, 0.15) is 27.0 Å². The summed E-state index contributed by atoms with van der Waals surface area (Å²) in [5.41, 5.74) is 7.83. The molecule has 0 atom stereocenters. The highest BCUT2D eigenvalue weighted by Gasteiger charge is 2.14.